The molecule has 0 bridgehead atoms. The van der Waals surface area contributed by atoms with E-state index >= 15 is 0 Å². The fourth-order valence-corrected chi connectivity index (χ4v) is 3.82. The van der Waals surface area contributed by atoms with E-state index in [1.54, 1.807) is 42.2 Å². The van der Waals surface area contributed by atoms with Gasteiger partial charge in [0.1, 0.15) is 11.4 Å². The number of halogens is 2. The van der Waals surface area contributed by atoms with E-state index in [0.717, 1.165) is 5.56 Å². The molecule has 4 rings (SSSR count). The predicted molar refractivity (Wildman–Crippen MR) is 111 cm³/mol. The second-order valence-electron chi connectivity index (χ2n) is 7.38. The zero-order chi connectivity index (χ0) is 20.6. The molecule has 0 aromatic heterocycles. The molecule has 3 N–H and O–H groups in total. The summed E-state index contributed by atoms with van der Waals surface area (Å²) in [4.78, 5) is 38.5. The van der Waals surface area contributed by atoms with Crippen LogP contribution in [-0.4, -0.2) is 42.4 Å². The number of amides is 4. The van der Waals surface area contributed by atoms with Crippen molar-refractivity contribution in [1.82, 2.24) is 20.9 Å². The molecule has 2 heterocycles. The summed E-state index contributed by atoms with van der Waals surface area (Å²) in [7, 11) is 0. The normalized spacial score (nSPS) is 23.4. The van der Waals surface area contributed by atoms with Gasteiger partial charge >= 0.3 is 6.03 Å². The van der Waals surface area contributed by atoms with Crippen LogP contribution in [0.1, 0.15) is 34.5 Å². The van der Waals surface area contributed by atoms with Crippen LogP contribution in [0.5, 0.6) is 0 Å². The third-order valence-corrected chi connectivity index (χ3v) is 5.49. The molecular weight excluding hydrogens is 411 g/mol. The molecule has 2 saturated heterocycles. The number of rotatable bonds is 3. The lowest BCUT2D eigenvalue weighted by atomic mass is 9.91. The monoisotopic (exact) mass is 432 g/mol. The zero-order valence-corrected chi connectivity index (χ0v) is 17.1. The molecule has 2 fully saturated rings. The maximum Gasteiger partial charge on any atom is 0.322 e. The van der Waals surface area contributed by atoms with Gasteiger partial charge in [-0.05, 0) is 42.3 Å². The molecule has 2 atom stereocenters. The molecule has 2 aromatic rings. The largest absolute Gasteiger partial charge is 0.329 e. The van der Waals surface area contributed by atoms with Gasteiger partial charge in [0.25, 0.3) is 11.8 Å². The Morgan fingerprint density at radius 3 is 2.53 bits per heavy atom. The van der Waals surface area contributed by atoms with E-state index in [0.29, 0.717) is 30.8 Å². The Morgan fingerprint density at radius 1 is 1.17 bits per heavy atom. The number of nitrogens with one attached hydrogen (secondary N) is 3. The predicted octanol–water partition coefficient (Wildman–Crippen LogP) is 2.09. The Hall–Kier alpha value is -2.97. The zero-order valence-electron chi connectivity index (χ0n) is 16.3. The minimum Gasteiger partial charge on any atom is -0.329 e. The summed E-state index contributed by atoms with van der Waals surface area (Å²) in [6.07, 6.45) is 0. The molecule has 158 valence electrons. The molecule has 30 heavy (non-hydrogen) atoms. The molecule has 0 spiro atoms. The van der Waals surface area contributed by atoms with Crippen LogP contribution in [0.2, 0.25) is 0 Å². The van der Waals surface area contributed by atoms with Gasteiger partial charge in [-0.25, -0.2) is 9.18 Å². The quantitative estimate of drug-likeness (QED) is 0.648. The summed E-state index contributed by atoms with van der Waals surface area (Å²) in [5.41, 5.74) is 0.613. The van der Waals surface area contributed by atoms with Gasteiger partial charge in [-0.1, -0.05) is 24.3 Å². The first-order chi connectivity index (χ1) is 13.9. The van der Waals surface area contributed by atoms with Crippen molar-refractivity contribution in [3.05, 3.63) is 71.0 Å². The molecule has 7 nitrogen and oxygen atoms in total. The van der Waals surface area contributed by atoms with Gasteiger partial charge in [0.15, 0.2) is 0 Å². The molecule has 4 amide bonds. The lowest BCUT2D eigenvalue weighted by Crippen LogP contribution is -2.48. The van der Waals surface area contributed by atoms with Crippen LogP contribution in [-0.2, 0) is 10.3 Å². The summed E-state index contributed by atoms with van der Waals surface area (Å²) in [6.45, 7) is 3.30. The first kappa shape index (κ1) is 21.7. The van der Waals surface area contributed by atoms with E-state index in [4.69, 9.17) is 0 Å². The van der Waals surface area contributed by atoms with E-state index in [-0.39, 0.29) is 30.2 Å². The van der Waals surface area contributed by atoms with Crippen LogP contribution in [0.25, 0.3) is 0 Å². The van der Waals surface area contributed by atoms with Gasteiger partial charge < -0.3 is 15.5 Å². The van der Waals surface area contributed by atoms with Gasteiger partial charge in [-0.2, -0.15) is 0 Å². The number of carbonyl (C=O) groups is 3. The summed E-state index contributed by atoms with van der Waals surface area (Å²) in [6, 6.07) is 12.1. The van der Waals surface area contributed by atoms with Gasteiger partial charge in [-0.15, -0.1) is 12.4 Å². The standard InChI is InChI=1S/C21H21FN4O3.ClH/c1-21(19(28)24-20(29)25-21)15-7-5-13(6-8-15)18(27)26-10-9-23-12-17(26)14-3-2-4-16(22)11-14;/h2-8,11,17,23H,9-10,12H2,1H3,(H2,24,25,28,29);1H. The molecule has 2 aliphatic rings. The summed E-state index contributed by atoms with van der Waals surface area (Å²) in [5, 5.41) is 8.07. The van der Waals surface area contributed by atoms with Crippen LogP contribution in [0.3, 0.4) is 0 Å². The fourth-order valence-electron chi connectivity index (χ4n) is 3.82. The number of imide groups is 1. The number of piperazine rings is 1. The van der Waals surface area contributed by atoms with Crippen molar-refractivity contribution in [2.45, 2.75) is 18.5 Å². The number of urea groups is 1. The molecule has 2 aromatic carbocycles. The van der Waals surface area contributed by atoms with Gasteiger partial charge in [0.2, 0.25) is 0 Å². The highest BCUT2D eigenvalue weighted by atomic mass is 35.5. The Bertz CT molecular complexity index is 984. The average molecular weight is 433 g/mol. The summed E-state index contributed by atoms with van der Waals surface area (Å²) < 4.78 is 13.7. The van der Waals surface area contributed by atoms with Crippen molar-refractivity contribution in [2.75, 3.05) is 19.6 Å². The average Bonchev–Trinajstić information content (AvgIpc) is 3.00. The molecule has 2 aliphatic heterocycles. The van der Waals surface area contributed by atoms with E-state index in [1.807, 2.05) is 6.07 Å². The van der Waals surface area contributed by atoms with Crippen molar-refractivity contribution >= 4 is 30.3 Å². The number of hydrogen-bond acceptors (Lipinski definition) is 4. The van der Waals surface area contributed by atoms with E-state index in [9.17, 15) is 18.8 Å². The summed E-state index contributed by atoms with van der Waals surface area (Å²) in [5.74, 6) is -0.942. The highest BCUT2D eigenvalue weighted by Gasteiger charge is 2.43. The minimum absolute atomic E-state index is 0. The lowest BCUT2D eigenvalue weighted by Gasteiger charge is -2.36. The Labute approximate surface area is 179 Å². The first-order valence-corrected chi connectivity index (χ1v) is 9.40. The molecule has 0 radical (unpaired) electrons. The van der Waals surface area contributed by atoms with Crippen molar-refractivity contribution in [3.63, 3.8) is 0 Å². The Morgan fingerprint density at radius 2 is 1.90 bits per heavy atom. The lowest BCUT2D eigenvalue weighted by molar-refractivity contribution is -0.123. The number of nitrogens with zero attached hydrogens (tertiary/aromatic N) is 1. The summed E-state index contributed by atoms with van der Waals surface area (Å²) >= 11 is 0. The number of carbonyl (C=O) groups excluding carboxylic acids is 3. The third kappa shape index (κ3) is 3.88. The maximum atomic E-state index is 13.7. The first-order valence-electron chi connectivity index (χ1n) is 9.40. The fraction of sp³-hybridized carbons (Fsp3) is 0.286. The van der Waals surface area contributed by atoms with Crippen LogP contribution in [0.4, 0.5) is 9.18 Å². The van der Waals surface area contributed by atoms with Crippen LogP contribution in [0, 0.1) is 5.82 Å². The van der Waals surface area contributed by atoms with Crippen molar-refractivity contribution in [2.24, 2.45) is 0 Å². The topological polar surface area (TPSA) is 90.5 Å². The maximum absolute atomic E-state index is 13.7. The molecule has 0 aliphatic carbocycles. The Balaban J connectivity index is 0.00000256. The van der Waals surface area contributed by atoms with Crippen molar-refractivity contribution in [3.8, 4) is 0 Å². The van der Waals surface area contributed by atoms with Crippen molar-refractivity contribution in [1.29, 1.82) is 0 Å². The van der Waals surface area contributed by atoms with Gasteiger partial charge in [0.05, 0.1) is 6.04 Å². The SMILES string of the molecule is CC1(c2ccc(C(=O)N3CCNCC3c3cccc(F)c3)cc2)NC(=O)NC1=O.Cl. The van der Waals surface area contributed by atoms with Gasteiger partial charge in [-0.3, -0.25) is 14.9 Å². The van der Waals surface area contributed by atoms with Crippen molar-refractivity contribution < 1.29 is 18.8 Å². The van der Waals surface area contributed by atoms with E-state index in [2.05, 4.69) is 16.0 Å². The molecule has 2 unspecified atom stereocenters. The van der Waals surface area contributed by atoms with Crippen LogP contribution >= 0.6 is 12.4 Å². The second kappa shape index (κ2) is 8.41. The number of hydrogen-bond donors (Lipinski definition) is 3. The highest BCUT2D eigenvalue weighted by molar-refractivity contribution is 6.07. The Kier molecular flexibility index (Phi) is 6.09. The highest BCUT2D eigenvalue weighted by Crippen LogP contribution is 2.27. The van der Waals surface area contributed by atoms with E-state index in [1.165, 1.54) is 12.1 Å². The number of benzene rings is 2. The second-order valence-corrected chi connectivity index (χ2v) is 7.38. The molecular formula is C21H22ClFN4O3. The smallest absolute Gasteiger partial charge is 0.322 e. The van der Waals surface area contributed by atoms with Gasteiger partial charge in [0, 0.05) is 25.2 Å². The van der Waals surface area contributed by atoms with Crippen LogP contribution < -0.4 is 16.0 Å². The van der Waals surface area contributed by atoms with E-state index < -0.39 is 17.5 Å². The van der Waals surface area contributed by atoms with Crippen LogP contribution in [0.15, 0.2) is 48.5 Å². The third-order valence-electron chi connectivity index (χ3n) is 5.49. The molecule has 9 heteroatoms. The molecule has 0 saturated carbocycles. The minimum atomic E-state index is -1.17.